The third-order valence-corrected chi connectivity index (χ3v) is 1.78. The van der Waals surface area contributed by atoms with Crippen molar-refractivity contribution in [3.63, 3.8) is 0 Å². The van der Waals surface area contributed by atoms with E-state index >= 15 is 0 Å². The molecule has 0 aliphatic carbocycles. The summed E-state index contributed by atoms with van der Waals surface area (Å²) in [6.07, 6.45) is 1.00. The minimum Gasteiger partial charge on any atom is -0.395 e. The number of rotatable bonds is 2. The molecule has 0 aromatic heterocycles. The number of aliphatic hydroxyl groups excluding tert-OH is 1. The second kappa shape index (κ2) is 4.91. The van der Waals surface area contributed by atoms with E-state index in [-0.39, 0.29) is 25.1 Å². The summed E-state index contributed by atoms with van der Waals surface area (Å²) in [7, 11) is 0. The standard InChI is InChI=1S/C6H13NO2.ClH/c7-6(3-8)5-1-2-9-4-5;/h5-6,8H,1-4,7H2;1H. The zero-order valence-electron chi connectivity index (χ0n) is 5.82. The quantitative estimate of drug-likeness (QED) is 0.597. The maximum absolute atomic E-state index is 8.61. The van der Waals surface area contributed by atoms with Crippen molar-refractivity contribution in [1.82, 2.24) is 0 Å². The second-order valence-corrected chi connectivity index (χ2v) is 2.47. The van der Waals surface area contributed by atoms with Gasteiger partial charge in [-0.3, -0.25) is 0 Å². The number of hydrogen-bond donors (Lipinski definition) is 2. The van der Waals surface area contributed by atoms with Gasteiger partial charge in [-0.1, -0.05) is 0 Å². The zero-order chi connectivity index (χ0) is 6.69. The monoisotopic (exact) mass is 167 g/mol. The third kappa shape index (κ3) is 2.42. The molecule has 1 saturated heterocycles. The Balaban J connectivity index is 0.000000810. The number of ether oxygens (including phenoxy) is 1. The Labute approximate surface area is 67.0 Å². The van der Waals surface area contributed by atoms with Crippen LogP contribution in [-0.2, 0) is 4.74 Å². The van der Waals surface area contributed by atoms with Crippen molar-refractivity contribution < 1.29 is 9.84 Å². The third-order valence-electron chi connectivity index (χ3n) is 1.78. The molecule has 0 spiro atoms. The minimum atomic E-state index is -0.0764. The first-order valence-corrected chi connectivity index (χ1v) is 3.28. The topological polar surface area (TPSA) is 55.5 Å². The van der Waals surface area contributed by atoms with Crippen LogP contribution in [0, 0.1) is 5.92 Å². The molecule has 3 N–H and O–H groups in total. The Morgan fingerprint density at radius 3 is 2.80 bits per heavy atom. The molecule has 1 aliphatic rings. The smallest absolute Gasteiger partial charge is 0.0586 e. The summed E-state index contributed by atoms with van der Waals surface area (Å²) in [5, 5.41) is 8.61. The molecule has 0 radical (unpaired) electrons. The number of nitrogens with two attached hydrogens (primary N) is 1. The van der Waals surface area contributed by atoms with Crippen molar-refractivity contribution in [2.24, 2.45) is 11.7 Å². The fraction of sp³-hybridized carbons (Fsp3) is 1.00. The van der Waals surface area contributed by atoms with E-state index in [2.05, 4.69) is 0 Å². The van der Waals surface area contributed by atoms with Gasteiger partial charge < -0.3 is 15.6 Å². The van der Waals surface area contributed by atoms with Gasteiger partial charge in [0.25, 0.3) is 0 Å². The molecule has 1 aliphatic heterocycles. The highest BCUT2D eigenvalue weighted by molar-refractivity contribution is 5.85. The fourth-order valence-corrected chi connectivity index (χ4v) is 1.04. The molecule has 62 valence electrons. The Morgan fingerprint density at radius 2 is 2.40 bits per heavy atom. The fourth-order valence-electron chi connectivity index (χ4n) is 1.04. The molecule has 2 unspecified atom stereocenters. The highest BCUT2D eigenvalue weighted by Crippen LogP contribution is 2.14. The molecule has 1 heterocycles. The Morgan fingerprint density at radius 1 is 1.70 bits per heavy atom. The van der Waals surface area contributed by atoms with E-state index in [1.54, 1.807) is 0 Å². The van der Waals surface area contributed by atoms with Crippen molar-refractivity contribution in [2.45, 2.75) is 12.5 Å². The summed E-state index contributed by atoms with van der Waals surface area (Å²) in [4.78, 5) is 0. The lowest BCUT2D eigenvalue weighted by molar-refractivity contribution is 0.166. The normalized spacial score (nSPS) is 27.6. The average Bonchev–Trinajstić information content (AvgIpc) is 2.37. The van der Waals surface area contributed by atoms with Crippen molar-refractivity contribution in [3.8, 4) is 0 Å². The predicted octanol–water partition coefficient (Wildman–Crippen LogP) is -0.236. The number of halogens is 1. The van der Waals surface area contributed by atoms with Crippen LogP contribution in [0.3, 0.4) is 0 Å². The molecule has 2 atom stereocenters. The van der Waals surface area contributed by atoms with Crippen LogP contribution in [0.4, 0.5) is 0 Å². The van der Waals surface area contributed by atoms with Crippen molar-refractivity contribution in [3.05, 3.63) is 0 Å². The van der Waals surface area contributed by atoms with Gasteiger partial charge in [-0.25, -0.2) is 0 Å². The van der Waals surface area contributed by atoms with Crippen LogP contribution in [0.15, 0.2) is 0 Å². The first-order valence-electron chi connectivity index (χ1n) is 3.28. The van der Waals surface area contributed by atoms with Gasteiger partial charge in [0, 0.05) is 18.6 Å². The van der Waals surface area contributed by atoms with E-state index in [1.165, 1.54) is 0 Å². The predicted molar refractivity (Wildman–Crippen MR) is 41.2 cm³/mol. The van der Waals surface area contributed by atoms with E-state index < -0.39 is 0 Å². The van der Waals surface area contributed by atoms with Gasteiger partial charge in [-0.2, -0.15) is 0 Å². The molecular weight excluding hydrogens is 154 g/mol. The maximum atomic E-state index is 8.61. The Kier molecular flexibility index (Phi) is 4.99. The molecule has 10 heavy (non-hydrogen) atoms. The van der Waals surface area contributed by atoms with Crippen molar-refractivity contribution >= 4 is 12.4 Å². The largest absolute Gasteiger partial charge is 0.395 e. The van der Waals surface area contributed by atoms with Crippen LogP contribution < -0.4 is 5.73 Å². The Hall–Kier alpha value is 0.170. The molecule has 3 nitrogen and oxygen atoms in total. The van der Waals surface area contributed by atoms with E-state index in [0.717, 1.165) is 19.6 Å². The van der Waals surface area contributed by atoms with Crippen molar-refractivity contribution in [1.29, 1.82) is 0 Å². The summed E-state index contributed by atoms with van der Waals surface area (Å²) in [5.74, 6) is 0.384. The van der Waals surface area contributed by atoms with E-state index in [4.69, 9.17) is 15.6 Å². The van der Waals surface area contributed by atoms with Crippen LogP contribution in [0.2, 0.25) is 0 Å². The Bertz CT molecular complexity index is 85.8. The van der Waals surface area contributed by atoms with E-state index in [1.807, 2.05) is 0 Å². The SMILES string of the molecule is Cl.NC(CO)C1CCOC1. The van der Waals surface area contributed by atoms with Gasteiger partial charge in [-0.15, -0.1) is 12.4 Å². The highest BCUT2D eigenvalue weighted by atomic mass is 35.5. The van der Waals surface area contributed by atoms with Gasteiger partial charge in [0.2, 0.25) is 0 Å². The van der Waals surface area contributed by atoms with E-state index in [0.29, 0.717) is 5.92 Å². The lowest BCUT2D eigenvalue weighted by atomic mass is 10.0. The van der Waals surface area contributed by atoms with Gasteiger partial charge >= 0.3 is 0 Å². The molecule has 0 saturated carbocycles. The highest BCUT2D eigenvalue weighted by Gasteiger charge is 2.21. The second-order valence-electron chi connectivity index (χ2n) is 2.47. The van der Waals surface area contributed by atoms with Gasteiger partial charge in [0.15, 0.2) is 0 Å². The first kappa shape index (κ1) is 10.2. The molecule has 0 aromatic carbocycles. The summed E-state index contributed by atoms with van der Waals surface area (Å²) in [5.41, 5.74) is 5.55. The van der Waals surface area contributed by atoms with Crippen LogP contribution in [0.5, 0.6) is 0 Å². The van der Waals surface area contributed by atoms with Crippen LogP contribution in [0.1, 0.15) is 6.42 Å². The lowest BCUT2D eigenvalue weighted by Crippen LogP contribution is -2.33. The van der Waals surface area contributed by atoms with E-state index in [9.17, 15) is 0 Å². The molecule has 1 rings (SSSR count). The molecule has 0 amide bonds. The van der Waals surface area contributed by atoms with Crippen LogP contribution in [0.25, 0.3) is 0 Å². The summed E-state index contributed by atoms with van der Waals surface area (Å²) >= 11 is 0. The molecule has 0 aromatic rings. The minimum absolute atomic E-state index is 0. The molecule has 4 heteroatoms. The number of aliphatic hydroxyl groups is 1. The van der Waals surface area contributed by atoms with Crippen molar-refractivity contribution in [2.75, 3.05) is 19.8 Å². The average molecular weight is 168 g/mol. The summed E-state index contributed by atoms with van der Waals surface area (Å²) in [6.45, 7) is 1.61. The van der Waals surface area contributed by atoms with Crippen LogP contribution in [-0.4, -0.2) is 31.0 Å². The summed E-state index contributed by atoms with van der Waals surface area (Å²) in [6, 6.07) is -0.0764. The number of hydrogen-bond acceptors (Lipinski definition) is 3. The maximum Gasteiger partial charge on any atom is 0.0586 e. The molecule has 0 bridgehead atoms. The lowest BCUT2D eigenvalue weighted by Gasteiger charge is -2.13. The molecule has 1 fully saturated rings. The summed E-state index contributed by atoms with van der Waals surface area (Å²) < 4.78 is 5.09. The van der Waals surface area contributed by atoms with Gasteiger partial charge in [-0.05, 0) is 6.42 Å². The zero-order valence-corrected chi connectivity index (χ0v) is 6.64. The van der Waals surface area contributed by atoms with Crippen LogP contribution >= 0.6 is 12.4 Å². The van der Waals surface area contributed by atoms with Gasteiger partial charge in [0.1, 0.15) is 0 Å². The first-order chi connectivity index (χ1) is 4.34. The van der Waals surface area contributed by atoms with Gasteiger partial charge in [0.05, 0.1) is 13.2 Å². The molecular formula is C6H14ClNO2.